The second kappa shape index (κ2) is 13.1. The van der Waals surface area contributed by atoms with Gasteiger partial charge in [-0.3, -0.25) is 0 Å². The molecule has 0 radical (unpaired) electrons. The van der Waals surface area contributed by atoms with Crippen molar-refractivity contribution in [3.8, 4) is 0 Å². The molecule has 0 saturated carbocycles. The molecule has 0 aliphatic carbocycles. The number of aromatic amines is 2. The molecule has 4 nitrogen and oxygen atoms in total. The number of rotatable bonds is 4. The van der Waals surface area contributed by atoms with Gasteiger partial charge in [0.2, 0.25) is 0 Å². The zero-order valence-corrected chi connectivity index (χ0v) is 28.8. The average Bonchev–Trinajstić information content (AvgIpc) is 4.00. The predicted molar refractivity (Wildman–Crippen MR) is 209 cm³/mol. The van der Waals surface area contributed by atoms with Crippen LogP contribution in [0.2, 0.25) is 5.82 Å². The number of hydrogen-bond donors (Lipinski definition) is 2. The van der Waals surface area contributed by atoms with Crippen molar-refractivity contribution < 1.29 is 11.8 Å². The Morgan fingerprint density at radius 2 is 0.580 bits per heavy atom. The Bertz CT molecular complexity index is 2150. The monoisotopic (exact) mass is 689 g/mol. The molecule has 7 aromatic rings. The van der Waals surface area contributed by atoms with E-state index in [9.17, 15) is 0 Å². The van der Waals surface area contributed by atoms with Crippen LogP contribution in [0.25, 0.3) is 46.4 Å². The van der Waals surface area contributed by atoms with Gasteiger partial charge < -0.3 is 9.97 Å². The van der Waals surface area contributed by atoms with Crippen molar-refractivity contribution >= 4 is 64.2 Å². The van der Waals surface area contributed by atoms with Crippen molar-refractivity contribution in [3.05, 3.63) is 193 Å². The van der Waals surface area contributed by atoms with E-state index in [-0.39, 0.29) is 0 Å². The van der Waals surface area contributed by atoms with Crippen molar-refractivity contribution in [2.45, 2.75) is 5.82 Å². The summed E-state index contributed by atoms with van der Waals surface area (Å²) in [5, 5.41) is 0. The molecule has 4 aromatic carbocycles. The molecule has 5 heteroatoms. The third-order valence-electron chi connectivity index (χ3n) is 8.98. The molecular formula is C45H37FeN4. The summed E-state index contributed by atoms with van der Waals surface area (Å²) in [6.45, 7) is 0. The molecule has 2 N–H and O–H groups in total. The van der Waals surface area contributed by atoms with E-state index in [2.05, 4.69) is 171 Å². The molecule has 0 spiro atoms. The van der Waals surface area contributed by atoms with E-state index >= 15 is 0 Å². The van der Waals surface area contributed by atoms with Crippen molar-refractivity contribution in [2.24, 2.45) is 0 Å². The van der Waals surface area contributed by atoms with Gasteiger partial charge in [0, 0.05) is 22.1 Å². The SMILES string of the molecule is C1=Cc2cc3ccc(cc4nc(cc5ccc(cc1n2)[nH]5)C=C4)[nH]3.[CH3][Fe]([c]1ccccc1)([c]1ccccc1)([c]1ccccc1)[c]1ccccc1. The Morgan fingerprint density at radius 1 is 0.340 bits per heavy atom. The number of benzene rings is 4. The van der Waals surface area contributed by atoms with E-state index in [1.807, 2.05) is 48.6 Å². The van der Waals surface area contributed by atoms with Gasteiger partial charge >= 0.3 is 157 Å². The zero-order chi connectivity index (χ0) is 33.8. The number of nitrogens with zero attached hydrogens (tertiary/aromatic N) is 2. The van der Waals surface area contributed by atoms with Crippen molar-refractivity contribution in [3.63, 3.8) is 0 Å². The number of H-pyrrole nitrogens is 2. The third kappa shape index (κ3) is 5.83. The van der Waals surface area contributed by atoms with E-state index in [0.717, 1.165) is 44.8 Å². The standard InChI is InChI=1S/C20H14N4.4C6H5.CH3.Fe/c1-2-14-10-16-5-6-18(23-16)12-20-8-7-19(24-20)11-17-4-3-15(22-17)9-13(1)21-14;4*1-2-4-6-5-3-1;;/h1-12,21,24H;4*1-5H;1H3;. The maximum absolute atomic E-state index is 4.63. The van der Waals surface area contributed by atoms with Gasteiger partial charge in [0.1, 0.15) is 0 Å². The summed E-state index contributed by atoms with van der Waals surface area (Å²) in [7, 11) is 0. The fourth-order valence-corrected chi connectivity index (χ4v) is 13.2. The second-order valence-electron chi connectivity index (χ2n) is 12.3. The van der Waals surface area contributed by atoms with Gasteiger partial charge in [-0.15, -0.1) is 0 Å². The van der Waals surface area contributed by atoms with Crippen LogP contribution in [0, 0.1) is 0 Å². The molecule has 5 heterocycles. The summed E-state index contributed by atoms with van der Waals surface area (Å²) in [4.78, 5) is 16.0. The van der Waals surface area contributed by atoms with Crippen LogP contribution in [0.4, 0.5) is 0 Å². The zero-order valence-electron chi connectivity index (χ0n) is 27.7. The number of aromatic nitrogens is 4. The molecule has 9 rings (SSSR count). The van der Waals surface area contributed by atoms with Crippen LogP contribution >= 0.6 is 0 Å². The van der Waals surface area contributed by atoms with E-state index < -0.39 is 11.8 Å². The Hall–Kier alpha value is -6.00. The van der Waals surface area contributed by atoms with Gasteiger partial charge in [-0.25, -0.2) is 9.97 Å². The summed E-state index contributed by atoms with van der Waals surface area (Å²) in [6.07, 6.45) is 8.09. The Morgan fingerprint density at radius 3 is 0.820 bits per heavy atom. The maximum atomic E-state index is 4.63. The summed E-state index contributed by atoms with van der Waals surface area (Å²) >= 11 is -2.99. The van der Waals surface area contributed by atoms with Crippen molar-refractivity contribution in [2.75, 3.05) is 0 Å². The summed E-state index contributed by atoms with van der Waals surface area (Å²) < 4.78 is 5.61. The second-order valence-corrected chi connectivity index (χ2v) is 18.7. The molecular weight excluding hydrogens is 652 g/mol. The molecule has 2 aliphatic rings. The topological polar surface area (TPSA) is 57.4 Å². The fourth-order valence-electron chi connectivity index (χ4n) is 6.47. The van der Waals surface area contributed by atoms with E-state index in [1.54, 1.807) is 0 Å². The van der Waals surface area contributed by atoms with Crippen LogP contribution in [-0.4, -0.2) is 19.9 Å². The molecule has 0 unspecified atom stereocenters. The van der Waals surface area contributed by atoms with Gasteiger partial charge in [-0.2, -0.15) is 0 Å². The van der Waals surface area contributed by atoms with Crippen molar-refractivity contribution in [1.29, 1.82) is 0 Å². The van der Waals surface area contributed by atoms with Crippen LogP contribution in [0.3, 0.4) is 0 Å². The summed E-state index contributed by atoms with van der Waals surface area (Å²) in [5.41, 5.74) is 7.86. The quantitative estimate of drug-likeness (QED) is 0.182. The summed E-state index contributed by atoms with van der Waals surface area (Å²) in [5.74, 6) is 2.50. The Balaban J connectivity index is 0.000000145. The molecule has 245 valence electrons. The predicted octanol–water partition coefficient (Wildman–Crippen LogP) is 8.68. The van der Waals surface area contributed by atoms with Crippen LogP contribution in [0.5, 0.6) is 0 Å². The first-order valence-electron chi connectivity index (χ1n) is 16.5. The number of fused-ring (bicyclic) bond motifs is 8. The van der Waals surface area contributed by atoms with Crippen LogP contribution in [0.15, 0.2) is 170 Å². The molecule has 3 aromatic heterocycles. The normalized spacial score (nSPS) is 12.8. The molecule has 50 heavy (non-hydrogen) atoms. The molecule has 0 fully saturated rings. The van der Waals surface area contributed by atoms with Crippen LogP contribution in [0.1, 0.15) is 22.8 Å². The van der Waals surface area contributed by atoms with E-state index in [0.29, 0.717) is 0 Å². The number of hydrogen-bond acceptors (Lipinski definition) is 2. The molecule has 0 atom stereocenters. The van der Waals surface area contributed by atoms with Crippen LogP contribution < -0.4 is 17.8 Å². The molecule has 0 saturated heterocycles. The first-order valence-corrected chi connectivity index (χ1v) is 19.9. The molecule has 8 bridgehead atoms. The average molecular weight is 690 g/mol. The molecule has 0 amide bonds. The van der Waals surface area contributed by atoms with Gasteiger partial charge in [-0.05, 0) is 72.8 Å². The fraction of sp³-hybridized carbons (Fsp3) is 0.0222. The van der Waals surface area contributed by atoms with Gasteiger partial charge in [-0.1, -0.05) is 0 Å². The van der Waals surface area contributed by atoms with Gasteiger partial charge in [0.25, 0.3) is 0 Å². The first kappa shape index (κ1) is 31.3. The number of nitrogens with one attached hydrogen (secondary N) is 2. The minimum atomic E-state index is -2.99. The first-order chi connectivity index (χ1) is 24.5. The minimum absolute atomic E-state index is 0.939. The summed E-state index contributed by atoms with van der Waals surface area (Å²) in [6, 6.07) is 60.5. The van der Waals surface area contributed by atoms with Crippen LogP contribution in [-0.2, 0) is 11.8 Å². The molecule has 2 aliphatic heterocycles. The Labute approximate surface area is 293 Å². The van der Waals surface area contributed by atoms with E-state index in [4.69, 9.17) is 0 Å². The van der Waals surface area contributed by atoms with Gasteiger partial charge in [0.15, 0.2) is 0 Å². The van der Waals surface area contributed by atoms with E-state index in [1.165, 1.54) is 17.8 Å². The van der Waals surface area contributed by atoms with Crippen molar-refractivity contribution in [1.82, 2.24) is 19.9 Å². The Kier molecular flexibility index (Phi) is 8.21. The third-order valence-corrected chi connectivity index (χ3v) is 16.8. The van der Waals surface area contributed by atoms with Gasteiger partial charge in [0.05, 0.1) is 22.8 Å².